The number of likely N-dealkylation sites (N-methyl/N-ethyl adjacent to an activating group) is 2. The maximum Gasteiger partial charge on any atom is 0.276 e. The molecule has 0 saturated carbocycles. The van der Waals surface area contributed by atoms with Gasteiger partial charge in [0.25, 0.3) is 5.89 Å². The van der Waals surface area contributed by atoms with E-state index in [1.807, 2.05) is 0 Å². The molecule has 1 aliphatic rings. The fourth-order valence-electron chi connectivity index (χ4n) is 2.48. The largest absolute Gasteiger partial charge is 0.382 e. The number of anilines is 1. The van der Waals surface area contributed by atoms with Gasteiger partial charge in [0.15, 0.2) is 5.82 Å². The van der Waals surface area contributed by atoms with Crippen LogP contribution in [0.5, 0.6) is 0 Å². The summed E-state index contributed by atoms with van der Waals surface area (Å²) in [4.78, 5) is 9.02. The molecule has 1 saturated heterocycles. The summed E-state index contributed by atoms with van der Waals surface area (Å²) in [6.07, 6.45) is 1.14. The number of nitrogens with zero attached hydrogens (tertiary/aromatic N) is 5. The summed E-state index contributed by atoms with van der Waals surface area (Å²) in [5.41, 5.74) is 6.22. The quantitative estimate of drug-likeness (QED) is 0.817. The zero-order chi connectivity index (χ0) is 14.1. The summed E-state index contributed by atoms with van der Waals surface area (Å²) in [6, 6.07) is 1.82. The van der Waals surface area contributed by atoms with Crippen molar-refractivity contribution in [2.75, 3.05) is 39.5 Å². The Hall–Kier alpha value is -1.93. The summed E-state index contributed by atoms with van der Waals surface area (Å²) in [5, 5.41) is 10.7. The normalized spacial score (nSPS) is 22.0. The zero-order valence-corrected chi connectivity index (χ0v) is 11.7. The standard InChI is InChI=1S/C12H19N7O/c1-18-4-3-5-19(2)9(7-18)11-14-12(20-17-11)8-6-10(13)16-15-8/h6,9H,3-5,7H2,1-2H3,(H3,13,15,16). The molecule has 20 heavy (non-hydrogen) atoms. The second-order valence-corrected chi connectivity index (χ2v) is 5.28. The molecule has 8 heteroatoms. The smallest absolute Gasteiger partial charge is 0.276 e. The van der Waals surface area contributed by atoms with Gasteiger partial charge in [-0.1, -0.05) is 5.16 Å². The zero-order valence-electron chi connectivity index (χ0n) is 11.7. The third-order valence-corrected chi connectivity index (χ3v) is 3.64. The van der Waals surface area contributed by atoms with E-state index in [2.05, 4.69) is 44.2 Å². The van der Waals surface area contributed by atoms with Crippen molar-refractivity contribution < 1.29 is 4.52 Å². The van der Waals surface area contributed by atoms with Crippen LogP contribution in [0, 0.1) is 0 Å². The number of hydrogen-bond acceptors (Lipinski definition) is 7. The molecule has 0 radical (unpaired) electrons. The van der Waals surface area contributed by atoms with Crippen LogP contribution in [-0.4, -0.2) is 63.9 Å². The highest BCUT2D eigenvalue weighted by atomic mass is 16.5. The maximum absolute atomic E-state index is 5.58. The maximum atomic E-state index is 5.58. The van der Waals surface area contributed by atoms with Crippen molar-refractivity contribution in [1.29, 1.82) is 0 Å². The molecule has 0 spiro atoms. The fourth-order valence-corrected chi connectivity index (χ4v) is 2.48. The molecule has 0 bridgehead atoms. The number of hydrogen-bond donors (Lipinski definition) is 2. The second-order valence-electron chi connectivity index (χ2n) is 5.28. The summed E-state index contributed by atoms with van der Waals surface area (Å²) in [5.74, 6) is 1.53. The Morgan fingerprint density at radius 2 is 2.25 bits per heavy atom. The van der Waals surface area contributed by atoms with E-state index in [4.69, 9.17) is 10.3 Å². The van der Waals surface area contributed by atoms with Crippen molar-refractivity contribution in [3.63, 3.8) is 0 Å². The minimum Gasteiger partial charge on any atom is -0.382 e. The van der Waals surface area contributed by atoms with Crippen LogP contribution in [0.15, 0.2) is 10.6 Å². The number of nitrogens with one attached hydrogen (secondary N) is 1. The summed E-state index contributed by atoms with van der Waals surface area (Å²) >= 11 is 0. The molecule has 2 aromatic heterocycles. The van der Waals surface area contributed by atoms with Gasteiger partial charge in [-0.25, -0.2) is 0 Å². The van der Waals surface area contributed by atoms with Gasteiger partial charge in [0.1, 0.15) is 11.5 Å². The van der Waals surface area contributed by atoms with Crippen molar-refractivity contribution in [2.24, 2.45) is 0 Å². The van der Waals surface area contributed by atoms with Crippen molar-refractivity contribution >= 4 is 5.82 Å². The van der Waals surface area contributed by atoms with Gasteiger partial charge in [0, 0.05) is 12.6 Å². The van der Waals surface area contributed by atoms with Gasteiger partial charge < -0.3 is 15.2 Å². The van der Waals surface area contributed by atoms with Crippen LogP contribution in [0.1, 0.15) is 18.3 Å². The van der Waals surface area contributed by atoms with Gasteiger partial charge >= 0.3 is 0 Å². The van der Waals surface area contributed by atoms with Crippen LogP contribution in [-0.2, 0) is 0 Å². The fraction of sp³-hybridized carbons (Fsp3) is 0.583. The summed E-state index contributed by atoms with van der Waals surface area (Å²) in [7, 11) is 4.21. The number of rotatable bonds is 2. The Balaban J connectivity index is 1.85. The van der Waals surface area contributed by atoms with E-state index in [-0.39, 0.29) is 6.04 Å². The Labute approximate surface area is 116 Å². The van der Waals surface area contributed by atoms with Crippen LogP contribution in [0.4, 0.5) is 5.82 Å². The first-order valence-electron chi connectivity index (χ1n) is 6.67. The number of nitrogens with two attached hydrogens (primary N) is 1. The average Bonchev–Trinajstić information content (AvgIpc) is 3.01. The van der Waals surface area contributed by atoms with Crippen LogP contribution in [0.25, 0.3) is 11.6 Å². The monoisotopic (exact) mass is 277 g/mol. The molecule has 3 N–H and O–H groups in total. The lowest BCUT2D eigenvalue weighted by Gasteiger charge is -2.24. The highest BCUT2D eigenvalue weighted by Crippen LogP contribution is 2.23. The third-order valence-electron chi connectivity index (χ3n) is 3.64. The highest BCUT2D eigenvalue weighted by Gasteiger charge is 2.26. The first kappa shape index (κ1) is 13.1. The van der Waals surface area contributed by atoms with E-state index < -0.39 is 0 Å². The minimum atomic E-state index is 0.139. The molecular weight excluding hydrogens is 258 g/mol. The Bertz CT molecular complexity index is 578. The van der Waals surface area contributed by atoms with Crippen LogP contribution >= 0.6 is 0 Å². The summed E-state index contributed by atoms with van der Waals surface area (Å²) < 4.78 is 5.31. The molecule has 8 nitrogen and oxygen atoms in total. The van der Waals surface area contributed by atoms with Gasteiger partial charge in [-0.2, -0.15) is 10.1 Å². The predicted molar refractivity (Wildman–Crippen MR) is 73.8 cm³/mol. The van der Waals surface area contributed by atoms with E-state index in [0.29, 0.717) is 23.2 Å². The topological polar surface area (TPSA) is 100 Å². The first-order chi connectivity index (χ1) is 9.63. The van der Waals surface area contributed by atoms with E-state index in [1.165, 1.54) is 0 Å². The average molecular weight is 277 g/mol. The number of H-pyrrole nitrogens is 1. The van der Waals surface area contributed by atoms with Crippen LogP contribution in [0.2, 0.25) is 0 Å². The van der Waals surface area contributed by atoms with Crippen molar-refractivity contribution in [3.8, 4) is 11.6 Å². The SMILES string of the molecule is CN1CCCN(C)C(c2noc(-c3cc(N)n[nH]3)n2)C1. The number of nitrogen functional groups attached to an aromatic ring is 1. The van der Waals surface area contributed by atoms with Crippen LogP contribution in [0.3, 0.4) is 0 Å². The molecule has 2 aromatic rings. The van der Waals surface area contributed by atoms with Crippen molar-refractivity contribution in [1.82, 2.24) is 30.1 Å². The molecule has 108 valence electrons. The highest BCUT2D eigenvalue weighted by molar-refractivity contribution is 5.51. The Morgan fingerprint density at radius 3 is 3.00 bits per heavy atom. The molecule has 1 unspecified atom stereocenters. The van der Waals surface area contributed by atoms with Gasteiger partial charge in [-0.3, -0.25) is 10.00 Å². The predicted octanol–water partition coefficient (Wildman–Crippen LogP) is 0.350. The van der Waals surface area contributed by atoms with E-state index in [0.717, 1.165) is 26.1 Å². The third kappa shape index (κ3) is 2.52. The van der Waals surface area contributed by atoms with E-state index in [9.17, 15) is 0 Å². The molecule has 1 atom stereocenters. The number of aromatic nitrogens is 4. The lowest BCUT2D eigenvalue weighted by molar-refractivity contribution is 0.215. The number of aromatic amines is 1. The molecule has 0 aromatic carbocycles. The van der Waals surface area contributed by atoms with Crippen molar-refractivity contribution in [2.45, 2.75) is 12.5 Å². The molecule has 3 heterocycles. The Kier molecular flexibility index (Phi) is 3.41. The van der Waals surface area contributed by atoms with E-state index in [1.54, 1.807) is 6.07 Å². The van der Waals surface area contributed by atoms with Gasteiger partial charge in [-0.15, -0.1) is 0 Å². The molecule has 3 rings (SSSR count). The van der Waals surface area contributed by atoms with Crippen LogP contribution < -0.4 is 5.73 Å². The lowest BCUT2D eigenvalue weighted by Crippen LogP contribution is -2.31. The second kappa shape index (κ2) is 5.22. The molecule has 0 aliphatic carbocycles. The minimum absolute atomic E-state index is 0.139. The summed E-state index contributed by atoms with van der Waals surface area (Å²) in [6.45, 7) is 3.00. The van der Waals surface area contributed by atoms with Gasteiger partial charge in [0.2, 0.25) is 0 Å². The first-order valence-corrected chi connectivity index (χ1v) is 6.67. The molecule has 1 aliphatic heterocycles. The van der Waals surface area contributed by atoms with E-state index >= 15 is 0 Å². The van der Waals surface area contributed by atoms with Gasteiger partial charge in [0.05, 0.1) is 6.04 Å². The molecule has 0 amide bonds. The molecular formula is C12H19N7O. The molecule has 1 fully saturated rings. The lowest BCUT2D eigenvalue weighted by atomic mass is 10.2. The van der Waals surface area contributed by atoms with Gasteiger partial charge in [-0.05, 0) is 33.6 Å². The van der Waals surface area contributed by atoms with Crippen molar-refractivity contribution in [3.05, 3.63) is 11.9 Å². The Morgan fingerprint density at radius 1 is 1.40 bits per heavy atom.